The van der Waals surface area contributed by atoms with E-state index in [1.54, 1.807) is 0 Å². The molecule has 1 aromatic heterocycles. The Bertz CT molecular complexity index is 662. The summed E-state index contributed by atoms with van der Waals surface area (Å²) in [5.41, 5.74) is 1.50. The van der Waals surface area contributed by atoms with Gasteiger partial charge in [0.25, 0.3) is 0 Å². The maximum Gasteiger partial charge on any atom is 0.227 e. The van der Waals surface area contributed by atoms with Crippen LogP contribution in [0, 0.1) is 5.92 Å². The topological polar surface area (TPSA) is 71.1 Å². The molecule has 2 aromatic rings. The summed E-state index contributed by atoms with van der Waals surface area (Å²) in [4.78, 5) is 27.5. The number of aromatic nitrogens is 1. The molecule has 0 saturated carbocycles. The molecule has 0 fully saturated rings. The van der Waals surface area contributed by atoms with Crippen molar-refractivity contribution in [3.05, 3.63) is 18.2 Å². The number of amides is 2. The number of carbonyl (C=O) groups is 2. The van der Waals surface area contributed by atoms with E-state index in [0.717, 1.165) is 28.7 Å². The van der Waals surface area contributed by atoms with Crippen LogP contribution in [0.5, 0.6) is 0 Å². The van der Waals surface area contributed by atoms with Crippen LogP contribution in [0.2, 0.25) is 0 Å². The van der Waals surface area contributed by atoms with Crippen molar-refractivity contribution in [3.63, 3.8) is 0 Å². The molecule has 0 spiro atoms. The van der Waals surface area contributed by atoms with Crippen LogP contribution in [-0.4, -0.2) is 16.8 Å². The average molecular weight is 305 g/mol. The van der Waals surface area contributed by atoms with Gasteiger partial charge in [-0.1, -0.05) is 25.2 Å². The predicted molar refractivity (Wildman–Crippen MR) is 86.6 cm³/mol. The van der Waals surface area contributed by atoms with Crippen LogP contribution in [0.15, 0.2) is 18.2 Å². The van der Waals surface area contributed by atoms with E-state index in [0.29, 0.717) is 5.13 Å². The third kappa shape index (κ3) is 3.78. The number of benzene rings is 1. The van der Waals surface area contributed by atoms with Crippen molar-refractivity contribution in [1.82, 2.24) is 4.98 Å². The number of anilines is 2. The van der Waals surface area contributed by atoms with Crippen LogP contribution in [0.25, 0.3) is 10.2 Å². The summed E-state index contributed by atoms with van der Waals surface area (Å²) in [7, 11) is 0. The molecular weight excluding hydrogens is 286 g/mol. The lowest BCUT2D eigenvalue weighted by atomic mass is 10.0. The number of hydrogen-bond donors (Lipinski definition) is 2. The number of nitrogens with zero attached hydrogens (tertiary/aromatic N) is 1. The molecule has 2 rings (SSSR count). The summed E-state index contributed by atoms with van der Waals surface area (Å²) in [6.45, 7) is 5.47. The van der Waals surface area contributed by atoms with Gasteiger partial charge in [-0.25, -0.2) is 4.98 Å². The lowest BCUT2D eigenvalue weighted by Gasteiger charge is -2.12. The van der Waals surface area contributed by atoms with Gasteiger partial charge in [0.1, 0.15) is 0 Å². The Hall–Kier alpha value is -1.95. The lowest BCUT2D eigenvalue weighted by molar-refractivity contribution is -0.120. The average Bonchev–Trinajstić information content (AvgIpc) is 2.80. The van der Waals surface area contributed by atoms with Gasteiger partial charge in [-0.3, -0.25) is 9.59 Å². The summed E-state index contributed by atoms with van der Waals surface area (Å²) < 4.78 is 0.972. The van der Waals surface area contributed by atoms with E-state index in [1.165, 1.54) is 18.3 Å². The number of thiazole rings is 1. The maximum absolute atomic E-state index is 12.1. The van der Waals surface area contributed by atoms with Crippen LogP contribution < -0.4 is 10.6 Å². The Balaban J connectivity index is 2.18. The first kappa shape index (κ1) is 15.4. The summed E-state index contributed by atoms with van der Waals surface area (Å²) in [6.07, 6.45) is 1.65. The zero-order valence-electron chi connectivity index (χ0n) is 12.4. The highest BCUT2D eigenvalue weighted by Gasteiger charge is 2.14. The van der Waals surface area contributed by atoms with E-state index >= 15 is 0 Å². The zero-order valence-corrected chi connectivity index (χ0v) is 13.2. The van der Waals surface area contributed by atoms with Gasteiger partial charge < -0.3 is 10.6 Å². The molecule has 0 atom stereocenters. The molecule has 5 nitrogen and oxygen atoms in total. The highest BCUT2D eigenvalue weighted by molar-refractivity contribution is 7.22. The largest absolute Gasteiger partial charge is 0.326 e. The first-order valence-corrected chi connectivity index (χ1v) is 7.84. The van der Waals surface area contributed by atoms with Crippen LogP contribution in [0.1, 0.15) is 33.6 Å². The van der Waals surface area contributed by atoms with E-state index in [9.17, 15) is 9.59 Å². The molecule has 1 heterocycles. The number of rotatable bonds is 5. The third-order valence-electron chi connectivity index (χ3n) is 3.29. The second kappa shape index (κ2) is 6.67. The van der Waals surface area contributed by atoms with Crippen molar-refractivity contribution >= 4 is 44.2 Å². The molecule has 0 aliphatic heterocycles. The minimum absolute atomic E-state index is 0.0334. The zero-order chi connectivity index (χ0) is 15.4. The molecule has 0 bridgehead atoms. The van der Waals surface area contributed by atoms with Gasteiger partial charge in [0.05, 0.1) is 10.2 Å². The fourth-order valence-electron chi connectivity index (χ4n) is 2.11. The second-order valence-corrected chi connectivity index (χ2v) is 5.92. The van der Waals surface area contributed by atoms with Gasteiger partial charge in [0, 0.05) is 18.5 Å². The van der Waals surface area contributed by atoms with E-state index in [-0.39, 0.29) is 17.7 Å². The Morgan fingerprint density at radius 2 is 1.95 bits per heavy atom. The van der Waals surface area contributed by atoms with Gasteiger partial charge in [0.15, 0.2) is 5.13 Å². The van der Waals surface area contributed by atoms with Crippen molar-refractivity contribution in [2.24, 2.45) is 5.92 Å². The Kier molecular flexibility index (Phi) is 4.90. The smallest absolute Gasteiger partial charge is 0.227 e. The number of hydrogen-bond acceptors (Lipinski definition) is 4. The van der Waals surface area contributed by atoms with Crippen molar-refractivity contribution in [2.45, 2.75) is 33.6 Å². The standard InChI is InChI=1S/C15H19N3O2S/c1-4-10(5-2)14(20)17-11-6-7-13-12(8-11)18-15(21-13)16-9(3)19/h6-8,10H,4-5H2,1-3H3,(H,17,20)(H,16,18,19). The van der Waals surface area contributed by atoms with Gasteiger partial charge in [-0.2, -0.15) is 0 Å². The first-order chi connectivity index (χ1) is 10.0. The SMILES string of the molecule is CCC(CC)C(=O)Nc1ccc2sc(NC(C)=O)nc2c1. The van der Waals surface area contributed by atoms with Crippen molar-refractivity contribution in [1.29, 1.82) is 0 Å². The van der Waals surface area contributed by atoms with E-state index in [1.807, 2.05) is 32.0 Å². The van der Waals surface area contributed by atoms with Crippen LogP contribution >= 0.6 is 11.3 Å². The number of fused-ring (bicyclic) bond motifs is 1. The number of nitrogens with one attached hydrogen (secondary N) is 2. The summed E-state index contributed by atoms with van der Waals surface area (Å²) >= 11 is 1.41. The van der Waals surface area contributed by atoms with Gasteiger partial charge in [0.2, 0.25) is 11.8 Å². The van der Waals surface area contributed by atoms with Gasteiger partial charge >= 0.3 is 0 Å². The molecule has 0 radical (unpaired) electrons. The summed E-state index contributed by atoms with van der Waals surface area (Å²) in [5, 5.41) is 6.17. The molecule has 1 aromatic carbocycles. The maximum atomic E-state index is 12.1. The van der Waals surface area contributed by atoms with Crippen molar-refractivity contribution in [2.75, 3.05) is 10.6 Å². The summed E-state index contributed by atoms with van der Waals surface area (Å²) in [5.74, 6) is -0.0703. The van der Waals surface area contributed by atoms with Crippen LogP contribution in [0.3, 0.4) is 0 Å². The quantitative estimate of drug-likeness (QED) is 0.886. The van der Waals surface area contributed by atoms with Crippen molar-refractivity contribution < 1.29 is 9.59 Å². The monoisotopic (exact) mass is 305 g/mol. The Morgan fingerprint density at radius 1 is 1.24 bits per heavy atom. The van der Waals surface area contributed by atoms with Crippen molar-refractivity contribution in [3.8, 4) is 0 Å². The van der Waals surface area contributed by atoms with E-state index < -0.39 is 0 Å². The first-order valence-electron chi connectivity index (χ1n) is 7.02. The molecular formula is C15H19N3O2S. The Morgan fingerprint density at radius 3 is 2.57 bits per heavy atom. The molecule has 21 heavy (non-hydrogen) atoms. The van der Waals surface area contributed by atoms with E-state index in [2.05, 4.69) is 15.6 Å². The van der Waals surface area contributed by atoms with Crippen LogP contribution in [0.4, 0.5) is 10.8 Å². The third-order valence-corrected chi connectivity index (χ3v) is 4.25. The predicted octanol–water partition coefficient (Wildman–Crippen LogP) is 3.63. The van der Waals surface area contributed by atoms with E-state index in [4.69, 9.17) is 0 Å². The highest BCUT2D eigenvalue weighted by Crippen LogP contribution is 2.28. The normalized spacial score (nSPS) is 10.9. The lowest BCUT2D eigenvalue weighted by Crippen LogP contribution is -2.21. The molecule has 2 N–H and O–H groups in total. The van der Waals surface area contributed by atoms with Gasteiger partial charge in [-0.05, 0) is 31.0 Å². The number of carbonyl (C=O) groups excluding carboxylic acids is 2. The minimum Gasteiger partial charge on any atom is -0.326 e. The van der Waals surface area contributed by atoms with Gasteiger partial charge in [-0.15, -0.1) is 0 Å². The molecule has 0 aliphatic carbocycles. The fraction of sp³-hybridized carbons (Fsp3) is 0.400. The highest BCUT2D eigenvalue weighted by atomic mass is 32.1. The Labute approximate surface area is 127 Å². The summed E-state index contributed by atoms with van der Waals surface area (Å²) in [6, 6.07) is 5.59. The molecule has 6 heteroatoms. The second-order valence-electron chi connectivity index (χ2n) is 4.89. The molecule has 0 aliphatic rings. The molecule has 112 valence electrons. The molecule has 0 saturated heterocycles. The fourth-order valence-corrected chi connectivity index (χ4v) is 3.01. The minimum atomic E-state index is -0.142. The van der Waals surface area contributed by atoms with Crippen LogP contribution in [-0.2, 0) is 9.59 Å². The molecule has 0 unspecified atom stereocenters. The molecule has 2 amide bonds.